The Labute approximate surface area is 256 Å². The van der Waals surface area contributed by atoms with E-state index in [1.165, 1.54) is 16.7 Å². The quantitative estimate of drug-likeness (QED) is 0.332. The summed E-state index contributed by atoms with van der Waals surface area (Å²) in [6, 6.07) is 12.1. The van der Waals surface area contributed by atoms with Crippen LogP contribution in [0.15, 0.2) is 43.0 Å². The van der Waals surface area contributed by atoms with Crippen LogP contribution in [-0.4, -0.2) is 18.6 Å². The Morgan fingerprint density at radius 1 is 0.846 bits per heavy atom. The molecule has 39 heavy (non-hydrogen) atoms. The van der Waals surface area contributed by atoms with Crippen LogP contribution in [0.3, 0.4) is 0 Å². The summed E-state index contributed by atoms with van der Waals surface area (Å²) in [5.41, 5.74) is 12.9. The fourth-order valence-electron chi connectivity index (χ4n) is 3.11. The zero-order valence-corrected chi connectivity index (χ0v) is 30.3. The molecule has 0 saturated heterocycles. The summed E-state index contributed by atoms with van der Waals surface area (Å²) in [6.45, 7) is 34.8. The van der Waals surface area contributed by atoms with Crippen molar-refractivity contribution in [1.82, 2.24) is 0 Å². The number of halogens is 1. The highest BCUT2D eigenvalue weighted by Crippen LogP contribution is 2.26. The van der Waals surface area contributed by atoms with Gasteiger partial charge in [0.15, 0.2) is 0 Å². The molecule has 0 fully saturated rings. The standard InChI is InChI=1S/C14H21N.C10H11ClO.5C2H6.CH4S/c1-10(2)12-6-5-7-13(11(3)4)14(12)8-9-15;1-7-4-3-5-10(11)9(7)6-8(2)12;6*1-2/h5-7,11H,1,8-9,15H2,2-4H3;3-5H,6H2,1-2H3;5*1-2H3;2H,1H3. The second kappa shape index (κ2) is 38.6. The van der Waals surface area contributed by atoms with E-state index in [4.69, 9.17) is 17.3 Å². The van der Waals surface area contributed by atoms with Crippen LogP contribution in [-0.2, 0) is 17.6 Å². The summed E-state index contributed by atoms with van der Waals surface area (Å²) in [4.78, 5) is 10.9. The van der Waals surface area contributed by atoms with Gasteiger partial charge in [-0.2, -0.15) is 12.6 Å². The van der Waals surface area contributed by atoms with Crippen molar-refractivity contribution in [2.75, 3.05) is 12.8 Å². The maximum absolute atomic E-state index is 10.9. The van der Waals surface area contributed by atoms with E-state index in [1.54, 1.807) is 13.2 Å². The molecule has 0 aliphatic heterocycles. The van der Waals surface area contributed by atoms with Crippen LogP contribution in [0.2, 0.25) is 5.02 Å². The molecule has 2 N–H and O–H groups in total. The van der Waals surface area contributed by atoms with Gasteiger partial charge in [-0.15, -0.1) is 0 Å². The van der Waals surface area contributed by atoms with Gasteiger partial charge < -0.3 is 5.73 Å². The van der Waals surface area contributed by atoms with Crippen LogP contribution in [0.4, 0.5) is 0 Å². The maximum Gasteiger partial charge on any atom is 0.134 e. The number of aryl methyl sites for hydroxylation is 1. The minimum Gasteiger partial charge on any atom is -0.330 e. The first-order valence-electron chi connectivity index (χ1n) is 14.8. The Hall–Kier alpha value is -1.55. The molecular formula is C35H66ClNOS. The minimum atomic E-state index is 0.145. The number of carbonyl (C=O) groups excluding carboxylic acids is 1. The third-order valence-electron chi connectivity index (χ3n) is 4.47. The first kappa shape index (κ1) is 50.3. The lowest BCUT2D eigenvalue weighted by Gasteiger charge is -2.16. The number of ketones is 1. The molecule has 0 aliphatic rings. The monoisotopic (exact) mass is 583 g/mol. The minimum absolute atomic E-state index is 0.145. The lowest BCUT2D eigenvalue weighted by atomic mass is 9.89. The first-order chi connectivity index (χ1) is 18.7. The third kappa shape index (κ3) is 25.2. The molecule has 2 nitrogen and oxygen atoms in total. The van der Waals surface area contributed by atoms with Crippen LogP contribution in [0.1, 0.15) is 131 Å². The average Bonchev–Trinajstić information content (AvgIpc) is 2.97. The van der Waals surface area contributed by atoms with Gasteiger partial charge in [-0.3, -0.25) is 4.79 Å². The van der Waals surface area contributed by atoms with Gasteiger partial charge in [-0.1, -0.05) is 137 Å². The van der Waals surface area contributed by atoms with E-state index in [-0.39, 0.29) is 5.78 Å². The molecule has 0 aliphatic carbocycles. The van der Waals surface area contributed by atoms with E-state index < -0.39 is 0 Å². The summed E-state index contributed by atoms with van der Waals surface area (Å²) in [7, 11) is 0. The molecule has 4 heteroatoms. The number of nitrogens with two attached hydrogens (primary N) is 1. The normalized spacial score (nSPS) is 8.10. The maximum atomic E-state index is 10.9. The molecule has 0 bridgehead atoms. The van der Waals surface area contributed by atoms with Crippen molar-refractivity contribution in [2.24, 2.45) is 5.73 Å². The topological polar surface area (TPSA) is 43.1 Å². The molecule has 0 heterocycles. The van der Waals surface area contributed by atoms with E-state index in [9.17, 15) is 4.79 Å². The Bertz CT molecular complexity index is 781. The molecular weight excluding hydrogens is 518 g/mol. The average molecular weight is 584 g/mol. The van der Waals surface area contributed by atoms with E-state index in [1.807, 2.05) is 94.4 Å². The van der Waals surface area contributed by atoms with E-state index in [0.29, 0.717) is 23.9 Å². The summed E-state index contributed by atoms with van der Waals surface area (Å²) in [5.74, 6) is 0.692. The van der Waals surface area contributed by atoms with Gasteiger partial charge in [0.2, 0.25) is 0 Å². The fourth-order valence-corrected chi connectivity index (χ4v) is 3.40. The van der Waals surface area contributed by atoms with Gasteiger partial charge in [-0.25, -0.2) is 0 Å². The number of hydrogen-bond acceptors (Lipinski definition) is 3. The molecule has 0 spiro atoms. The number of carbonyl (C=O) groups is 1. The molecule has 0 saturated carbocycles. The van der Waals surface area contributed by atoms with Crippen molar-refractivity contribution in [3.63, 3.8) is 0 Å². The lowest BCUT2D eigenvalue weighted by molar-refractivity contribution is -0.116. The fraction of sp³-hybridized carbons (Fsp3) is 0.571. The van der Waals surface area contributed by atoms with Crippen LogP contribution in [0.25, 0.3) is 5.57 Å². The second-order valence-electron chi connectivity index (χ2n) is 7.26. The largest absolute Gasteiger partial charge is 0.330 e. The van der Waals surface area contributed by atoms with Gasteiger partial charge in [0.05, 0.1) is 0 Å². The highest BCUT2D eigenvalue weighted by atomic mass is 35.5. The lowest BCUT2D eigenvalue weighted by Crippen LogP contribution is -2.08. The Kier molecular flexibility index (Phi) is 49.8. The van der Waals surface area contributed by atoms with Crippen molar-refractivity contribution in [1.29, 1.82) is 0 Å². The highest BCUT2D eigenvalue weighted by molar-refractivity contribution is 7.79. The van der Waals surface area contributed by atoms with Gasteiger partial charge in [0.1, 0.15) is 5.78 Å². The van der Waals surface area contributed by atoms with Crippen LogP contribution >= 0.6 is 24.2 Å². The molecule has 0 unspecified atom stereocenters. The predicted octanol–water partition coefficient (Wildman–Crippen LogP) is 11.8. The molecule has 2 aromatic carbocycles. The van der Waals surface area contributed by atoms with Crippen molar-refractivity contribution >= 4 is 35.6 Å². The molecule has 0 aromatic heterocycles. The summed E-state index contributed by atoms with van der Waals surface area (Å²) >= 11 is 9.45. The van der Waals surface area contributed by atoms with Crippen molar-refractivity contribution < 1.29 is 4.79 Å². The molecule has 0 amide bonds. The van der Waals surface area contributed by atoms with Gasteiger partial charge in [0, 0.05) is 11.4 Å². The second-order valence-corrected chi connectivity index (χ2v) is 7.67. The number of hydrogen-bond donors (Lipinski definition) is 2. The summed E-state index contributed by atoms with van der Waals surface area (Å²) in [5, 5.41) is 0.685. The summed E-state index contributed by atoms with van der Waals surface area (Å²) in [6.07, 6.45) is 3.07. The Morgan fingerprint density at radius 3 is 1.62 bits per heavy atom. The van der Waals surface area contributed by atoms with E-state index in [2.05, 4.69) is 58.2 Å². The van der Waals surface area contributed by atoms with Crippen LogP contribution in [0.5, 0.6) is 0 Å². The van der Waals surface area contributed by atoms with Gasteiger partial charge >= 0.3 is 0 Å². The smallest absolute Gasteiger partial charge is 0.134 e. The van der Waals surface area contributed by atoms with Gasteiger partial charge in [-0.05, 0) is 79.8 Å². The van der Waals surface area contributed by atoms with Gasteiger partial charge in [0.25, 0.3) is 0 Å². The van der Waals surface area contributed by atoms with Crippen molar-refractivity contribution in [3.8, 4) is 0 Å². The zero-order valence-electron chi connectivity index (χ0n) is 28.7. The molecule has 230 valence electrons. The molecule has 2 rings (SSSR count). The van der Waals surface area contributed by atoms with Crippen molar-refractivity contribution in [3.05, 3.63) is 75.8 Å². The zero-order chi connectivity index (χ0) is 32.6. The first-order valence-corrected chi connectivity index (χ1v) is 16.1. The van der Waals surface area contributed by atoms with E-state index in [0.717, 1.165) is 23.1 Å². The number of rotatable bonds is 6. The van der Waals surface area contributed by atoms with Crippen LogP contribution < -0.4 is 5.73 Å². The number of thiol groups is 1. The number of allylic oxidation sites excluding steroid dienone is 1. The molecule has 0 atom stereocenters. The third-order valence-corrected chi connectivity index (χ3v) is 4.82. The van der Waals surface area contributed by atoms with Crippen molar-refractivity contribution in [2.45, 2.75) is 123 Å². The molecule has 0 radical (unpaired) electrons. The Balaban J connectivity index is -0.000000102. The highest BCUT2D eigenvalue weighted by Gasteiger charge is 2.10. The Morgan fingerprint density at radius 2 is 1.28 bits per heavy atom. The molecule has 2 aromatic rings. The summed E-state index contributed by atoms with van der Waals surface area (Å²) < 4.78 is 0. The van der Waals surface area contributed by atoms with E-state index >= 15 is 0 Å². The number of Topliss-reactive ketones (excluding diaryl/α,β-unsaturated/α-hetero) is 1. The van der Waals surface area contributed by atoms with Crippen LogP contribution in [0, 0.1) is 6.92 Å². The SMILES string of the molecule is C=C(C)c1cccc(C(C)C)c1CCN.CC.CC.CC.CC.CC.CC(=O)Cc1c(C)cccc1Cl.CS. The predicted molar refractivity (Wildman–Crippen MR) is 190 cm³/mol. The number of benzene rings is 2.